The second kappa shape index (κ2) is 5.50. The number of likely N-dealkylation sites (N-methyl/N-ethyl adjacent to an activating group) is 1. The summed E-state index contributed by atoms with van der Waals surface area (Å²) in [5.41, 5.74) is 0.382. The van der Waals surface area contributed by atoms with Crippen LogP contribution in [0.3, 0.4) is 0 Å². The van der Waals surface area contributed by atoms with Gasteiger partial charge in [0.2, 0.25) is 0 Å². The number of hydrogen-bond donors (Lipinski definition) is 1. The SMILES string of the molecule is CN(Cc1ccc(Br)cc1Cl)CC(C)(C)O. The van der Waals surface area contributed by atoms with Crippen molar-refractivity contribution in [2.75, 3.05) is 13.6 Å². The third kappa shape index (κ3) is 4.83. The molecule has 0 saturated carbocycles. The lowest BCUT2D eigenvalue weighted by Gasteiger charge is -2.25. The van der Waals surface area contributed by atoms with E-state index in [2.05, 4.69) is 20.8 Å². The fourth-order valence-electron chi connectivity index (χ4n) is 1.66. The molecule has 0 unspecified atom stereocenters. The first-order valence-electron chi connectivity index (χ1n) is 5.13. The highest BCUT2D eigenvalue weighted by atomic mass is 79.9. The first-order valence-corrected chi connectivity index (χ1v) is 6.30. The Bertz CT molecular complexity index is 363. The van der Waals surface area contributed by atoms with Gasteiger partial charge in [-0.15, -0.1) is 0 Å². The van der Waals surface area contributed by atoms with Gasteiger partial charge in [-0.25, -0.2) is 0 Å². The molecule has 0 aromatic heterocycles. The number of hydrogen-bond acceptors (Lipinski definition) is 2. The number of halogens is 2. The van der Waals surface area contributed by atoms with Crippen LogP contribution < -0.4 is 0 Å². The van der Waals surface area contributed by atoms with Crippen LogP contribution in [0.2, 0.25) is 5.02 Å². The first-order chi connectivity index (χ1) is 7.28. The average molecular weight is 307 g/mol. The Balaban J connectivity index is 2.66. The molecule has 1 aromatic carbocycles. The lowest BCUT2D eigenvalue weighted by Crippen LogP contribution is -2.35. The van der Waals surface area contributed by atoms with Crippen LogP contribution in [0, 0.1) is 0 Å². The molecule has 0 heterocycles. The second-order valence-electron chi connectivity index (χ2n) is 4.72. The lowest BCUT2D eigenvalue weighted by molar-refractivity contribution is 0.0425. The quantitative estimate of drug-likeness (QED) is 0.922. The fraction of sp³-hybridized carbons (Fsp3) is 0.500. The van der Waals surface area contributed by atoms with Crippen LogP contribution in [0.4, 0.5) is 0 Å². The van der Waals surface area contributed by atoms with Crippen molar-refractivity contribution in [1.29, 1.82) is 0 Å². The Labute approximate surface area is 110 Å². The van der Waals surface area contributed by atoms with Crippen molar-refractivity contribution >= 4 is 27.5 Å². The van der Waals surface area contributed by atoms with Crippen LogP contribution in [0.5, 0.6) is 0 Å². The van der Waals surface area contributed by atoms with Crippen molar-refractivity contribution in [2.45, 2.75) is 26.0 Å². The third-order valence-electron chi connectivity index (χ3n) is 2.11. The van der Waals surface area contributed by atoms with Gasteiger partial charge in [0.15, 0.2) is 0 Å². The van der Waals surface area contributed by atoms with E-state index in [0.29, 0.717) is 6.54 Å². The van der Waals surface area contributed by atoms with Crippen LogP contribution in [-0.2, 0) is 6.54 Å². The van der Waals surface area contributed by atoms with E-state index in [1.807, 2.05) is 25.2 Å². The monoisotopic (exact) mass is 305 g/mol. The zero-order valence-electron chi connectivity index (χ0n) is 9.80. The standard InChI is InChI=1S/C12H17BrClNO/c1-12(2,16)8-15(3)7-9-4-5-10(13)6-11(9)14/h4-6,16H,7-8H2,1-3H3. The number of aliphatic hydroxyl groups is 1. The van der Waals surface area contributed by atoms with Crippen molar-refractivity contribution in [3.8, 4) is 0 Å². The number of benzene rings is 1. The molecule has 0 amide bonds. The Morgan fingerprint density at radius 2 is 2.06 bits per heavy atom. The van der Waals surface area contributed by atoms with Gasteiger partial charge in [-0.2, -0.15) is 0 Å². The van der Waals surface area contributed by atoms with Crippen LogP contribution in [0.15, 0.2) is 22.7 Å². The van der Waals surface area contributed by atoms with Gasteiger partial charge in [-0.1, -0.05) is 33.6 Å². The van der Waals surface area contributed by atoms with Crippen LogP contribution in [0.1, 0.15) is 19.4 Å². The van der Waals surface area contributed by atoms with E-state index in [-0.39, 0.29) is 0 Å². The molecule has 2 nitrogen and oxygen atoms in total. The minimum Gasteiger partial charge on any atom is -0.389 e. The molecule has 16 heavy (non-hydrogen) atoms. The van der Waals surface area contributed by atoms with Crippen LogP contribution in [-0.4, -0.2) is 29.2 Å². The minimum atomic E-state index is -0.684. The Morgan fingerprint density at radius 1 is 1.44 bits per heavy atom. The van der Waals surface area contributed by atoms with Gasteiger partial charge in [0.05, 0.1) is 5.60 Å². The number of rotatable bonds is 4. The molecule has 0 aliphatic heterocycles. The molecule has 0 radical (unpaired) electrons. The van der Waals surface area contributed by atoms with Gasteiger partial charge in [-0.05, 0) is 38.6 Å². The summed E-state index contributed by atoms with van der Waals surface area (Å²) in [6, 6.07) is 5.85. The lowest BCUT2D eigenvalue weighted by atomic mass is 10.1. The van der Waals surface area contributed by atoms with Crippen LogP contribution >= 0.6 is 27.5 Å². The van der Waals surface area contributed by atoms with Crippen LogP contribution in [0.25, 0.3) is 0 Å². The van der Waals surface area contributed by atoms with E-state index in [0.717, 1.165) is 21.6 Å². The average Bonchev–Trinajstić information content (AvgIpc) is 2.06. The second-order valence-corrected chi connectivity index (χ2v) is 6.04. The van der Waals surface area contributed by atoms with Crippen molar-refractivity contribution in [1.82, 2.24) is 4.90 Å². The molecule has 4 heteroatoms. The molecule has 0 atom stereocenters. The highest BCUT2D eigenvalue weighted by Gasteiger charge is 2.16. The zero-order chi connectivity index (χ0) is 12.3. The smallest absolute Gasteiger partial charge is 0.0718 e. The summed E-state index contributed by atoms with van der Waals surface area (Å²) in [6.07, 6.45) is 0. The van der Waals surface area contributed by atoms with E-state index >= 15 is 0 Å². The molecule has 0 spiro atoms. The summed E-state index contributed by atoms with van der Waals surface area (Å²) < 4.78 is 0.978. The molecule has 1 N–H and O–H groups in total. The summed E-state index contributed by atoms with van der Waals surface area (Å²) in [4.78, 5) is 2.05. The fourth-order valence-corrected chi connectivity index (χ4v) is 2.39. The topological polar surface area (TPSA) is 23.5 Å². The van der Waals surface area contributed by atoms with Crippen molar-refractivity contribution in [3.63, 3.8) is 0 Å². The molecule has 0 aliphatic carbocycles. The molecule has 1 aromatic rings. The van der Waals surface area contributed by atoms with Gasteiger partial charge in [0.1, 0.15) is 0 Å². The van der Waals surface area contributed by atoms with Gasteiger partial charge >= 0.3 is 0 Å². The zero-order valence-corrected chi connectivity index (χ0v) is 12.1. The summed E-state index contributed by atoms with van der Waals surface area (Å²) in [5, 5.41) is 10.4. The maximum absolute atomic E-state index is 9.70. The predicted molar refractivity (Wildman–Crippen MR) is 71.8 cm³/mol. The van der Waals surface area contributed by atoms with E-state index < -0.39 is 5.60 Å². The molecular formula is C12H17BrClNO. The van der Waals surface area contributed by atoms with E-state index in [1.165, 1.54) is 0 Å². The Morgan fingerprint density at radius 3 is 2.56 bits per heavy atom. The van der Waals surface area contributed by atoms with E-state index in [1.54, 1.807) is 13.8 Å². The maximum atomic E-state index is 9.70. The summed E-state index contributed by atoms with van der Waals surface area (Å²) in [5.74, 6) is 0. The highest BCUT2D eigenvalue weighted by Crippen LogP contribution is 2.22. The molecule has 0 aliphatic rings. The minimum absolute atomic E-state index is 0.611. The van der Waals surface area contributed by atoms with Gasteiger partial charge in [0, 0.05) is 22.6 Å². The highest BCUT2D eigenvalue weighted by molar-refractivity contribution is 9.10. The van der Waals surface area contributed by atoms with Crippen molar-refractivity contribution in [3.05, 3.63) is 33.3 Å². The van der Waals surface area contributed by atoms with Gasteiger partial charge < -0.3 is 5.11 Å². The van der Waals surface area contributed by atoms with Gasteiger partial charge in [0.25, 0.3) is 0 Å². The summed E-state index contributed by atoms with van der Waals surface area (Å²) >= 11 is 9.50. The van der Waals surface area contributed by atoms with E-state index in [9.17, 15) is 5.11 Å². The Kier molecular flexibility index (Phi) is 4.80. The number of nitrogens with zero attached hydrogens (tertiary/aromatic N) is 1. The first kappa shape index (κ1) is 14.0. The predicted octanol–water partition coefficient (Wildman–Crippen LogP) is 3.31. The molecule has 0 bridgehead atoms. The van der Waals surface area contributed by atoms with Crippen molar-refractivity contribution in [2.24, 2.45) is 0 Å². The largest absolute Gasteiger partial charge is 0.389 e. The summed E-state index contributed by atoms with van der Waals surface area (Å²) in [7, 11) is 1.97. The summed E-state index contributed by atoms with van der Waals surface area (Å²) in [6.45, 7) is 4.94. The van der Waals surface area contributed by atoms with Crippen molar-refractivity contribution < 1.29 is 5.11 Å². The molecule has 1 rings (SSSR count). The molecule has 0 fully saturated rings. The van der Waals surface area contributed by atoms with E-state index in [4.69, 9.17) is 11.6 Å². The molecule has 0 saturated heterocycles. The molecule has 90 valence electrons. The third-order valence-corrected chi connectivity index (χ3v) is 2.96. The molecular weight excluding hydrogens is 289 g/mol. The maximum Gasteiger partial charge on any atom is 0.0718 e. The normalized spacial score (nSPS) is 12.2. The Hall–Kier alpha value is -0.0900. The van der Waals surface area contributed by atoms with Gasteiger partial charge in [-0.3, -0.25) is 4.90 Å².